The Kier molecular flexibility index (Phi) is 6.35. The lowest BCUT2D eigenvalue weighted by Gasteiger charge is -2.15. The Morgan fingerprint density at radius 2 is 2.08 bits per heavy atom. The van der Waals surface area contributed by atoms with Crippen molar-refractivity contribution < 1.29 is 27.6 Å². The van der Waals surface area contributed by atoms with Gasteiger partial charge in [-0.15, -0.1) is 0 Å². The molecule has 1 aromatic heterocycles. The molecule has 142 valence electrons. The summed E-state index contributed by atoms with van der Waals surface area (Å²) in [4.78, 5) is 12.4. The van der Waals surface area contributed by atoms with E-state index in [1.165, 1.54) is 32.3 Å². The lowest BCUT2D eigenvalue weighted by Crippen LogP contribution is -2.23. The Morgan fingerprint density at radius 3 is 2.65 bits per heavy atom. The fourth-order valence-electron chi connectivity index (χ4n) is 2.11. The predicted molar refractivity (Wildman–Crippen MR) is 93.2 cm³/mol. The summed E-state index contributed by atoms with van der Waals surface area (Å²) in [7, 11) is -0.913. The van der Waals surface area contributed by atoms with Crippen molar-refractivity contribution in [3.63, 3.8) is 0 Å². The molecule has 2 N–H and O–H groups in total. The van der Waals surface area contributed by atoms with Crippen LogP contribution in [0.2, 0.25) is 0 Å². The Bertz CT molecular complexity index is 876. The van der Waals surface area contributed by atoms with E-state index < -0.39 is 16.0 Å². The molecule has 0 unspecified atom stereocenters. The fraction of sp³-hybridized carbons (Fsp3) is 0.375. The van der Waals surface area contributed by atoms with Gasteiger partial charge in [0.1, 0.15) is 0 Å². The number of aromatic nitrogens is 1. The van der Waals surface area contributed by atoms with Gasteiger partial charge in [-0.05, 0) is 25.1 Å². The van der Waals surface area contributed by atoms with Crippen molar-refractivity contribution in [2.45, 2.75) is 18.4 Å². The number of aliphatic hydroxyl groups excluding tert-OH is 1. The molecule has 0 bridgehead atoms. The summed E-state index contributed by atoms with van der Waals surface area (Å²) in [5.41, 5.74) is 1.05. The molecule has 0 aliphatic heterocycles. The molecule has 0 spiro atoms. The highest BCUT2D eigenvalue weighted by Crippen LogP contribution is 2.23. The first-order valence-corrected chi connectivity index (χ1v) is 9.20. The van der Waals surface area contributed by atoms with Crippen LogP contribution in [0.25, 0.3) is 0 Å². The molecule has 2 aromatic rings. The number of nitrogens with zero attached hydrogens (tertiary/aromatic N) is 2. The van der Waals surface area contributed by atoms with Crippen molar-refractivity contribution in [3.05, 3.63) is 41.3 Å². The van der Waals surface area contributed by atoms with E-state index in [4.69, 9.17) is 14.4 Å². The van der Waals surface area contributed by atoms with E-state index in [0.29, 0.717) is 17.1 Å². The van der Waals surface area contributed by atoms with Crippen LogP contribution < -0.4 is 5.32 Å². The standard InChI is InChI=1S/C16H21N3O6S/c1-11-8-12(25-18-11)10-24-16(21)14-9-13(26(22,23)19(2)3)4-5-15(14)17-6-7-20/h4-5,8-9,17,20H,6-7,10H2,1-3H3. The van der Waals surface area contributed by atoms with Gasteiger partial charge in [0.15, 0.2) is 12.4 Å². The zero-order chi connectivity index (χ0) is 19.3. The number of benzene rings is 1. The summed E-state index contributed by atoms with van der Waals surface area (Å²) in [6.45, 7) is 1.65. The van der Waals surface area contributed by atoms with Crippen molar-refractivity contribution in [3.8, 4) is 0 Å². The maximum Gasteiger partial charge on any atom is 0.340 e. The summed E-state index contributed by atoms with van der Waals surface area (Å²) in [6.07, 6.45) is 0. The summed E-state index contributed by atoms with van der Waals surface area (Å²) in [6, 6.07) is 5.71. The number of hydrogen-bond donors (Lipinski definition) is 2. The smallest absolute Gasteiger partial charge is 0.340 e. The summed E-state index contributed by atoms with van der Waals surface area (Å²) < 4.78 is 35.8. The van der Waals surface area contributed by atoms with Crippen LogP contribution in [0.1, 0.15) is 21.8 Å². The van der Waals surface area contributed by atoms with Gasteiger partial charge < -0.3 is 19.7 Å². The summed E-state index contributed by atoms with van der Waals surface area (Å²) >= 11 is 0. The molecular formula is C16H21N3O6S. The SMILES string of the molecule is Cc1cc(COC(=O)c2cc(S(=O)(=O)N(C)C)ccc2NCCO)on1. The first kappa shape index (κ1) is 19.9. The van der Waals surface area contributed by atoms with Crippen LogP contribution >= 0.6 is 0 Å². The minimum absolute atomic E-state index is 0.0395. The van der Waals surface area contributed by atoms with Crippen LogP contribution in [0.15, 0.2) is 33.7 Å². The maximum absolute atomic E-state index is 12.5. The van der Waals surface area contributed by atoms with Gasteiger partial charge in [0.05, 0.1) is 22.8 Å². The molecule has 0 radical (unpaired) electrons. The first-order valence-electron chi connectivity index (χ1n) is 7.76. The third kappa shape index (κ3) is 4.59. The van der Waals surface area contributed by atoms with Gasteiger partial charge in [0.2, 0.25) is 10.0 Å². The predicted octanol–water partition coefficient (Wildman–Crippen LogP) is 0.995. The van der Waals surface area contributed by atoms with Gasteiger partial charge in [-0.2, -0.15) is 0 Å². The van der Waals surface area contributed by atoms with Gasteiger partial charge in [-0.1, -0.05) is 5.16 Å². The van der Waals surface area contributed by atoms with Gasteiger partial charge in [0.25, 0.3) is 0 Å². The second-order valence-corrected chi connectivity index (χ2v) is 7.81. The minimum atomic E-state index is -3.71. The number of hydrogen-bond acceptors (Lipinski definition) is 8. The van der Waals surface area contributed by atoms with Crippen molar-refractivity contribution in [1.29, 1.82) is 0 Å². The third-order valence-electron chi connectivity index (χ3n) is 3.44. The number of carbonyl (C=O) groups is 1. The molecule has 10 heteroatoms. The van der Waals surface area contributed by atoms with Crippen molar-refractivity contribution in [2.75, 3.05) is 32.6 Å². The number of carbonyl (C=O) groups excluding carboxylic acids is 1. The van der Waals surface area contributed by atoms with Crippen LogP contribution in [0.3, 0.4) is 0 Å². The van der Waals surface area contributed by atoms with Gasteiger partial charge in [-0.25, -0.2) is 17.5 Å². The molecule has 0 aliphatic carbocycles. The number of esters is 1. The van der Waals surface area contributed by atoms with Crippen LogP contribution in [0, 0.1) is 6.92 Å². The molecule has 0 atom stereocenters. The number of ether oxygens (including phenoxy) is 1. The Morgan fingerprint density at radius 1 is 1.35 bits per heavy atom. The van der Waals surface area contributed by atoms with Crippen LogP contribution in [-0.4, -0.2) is 56.2 Å². The highest BCUT2D eigenvalue weighted by Gasteiger charge is 2.22. The average Bonchev–Trinajstić information content (AvgIpc) is 3.02. The summed E-state index contributed by atoms with van der Waals surface area (Å²) in [5, 5.41) is 15.5. The number of rotatable bonds is 8. The lowest BCUT2D eigenvalue weighted by molar-refractivity contribution is 0.0438. The number of sulfonamides is 1. The Hall–Kier alpha value is -2.43. The molecule has 9 nitrogen and oxygen atoms in total. The van der Waals surface area contributed by atoms with E-state index in [1.54, 1.807) is 13.0 Å². The van der Waals surface area contributed by atoms with Gasteiger partial charge in [-0.3, -0.25) is 0 Å². The molecule has 2 rings (SSSR count). The third-order valence-corrected chi connectivity index (χ3v) is 5.25. The molecular weight excluding hydrogens is 362 g/mol. The van der Waals surface area contributed by atoms with E-state index in [1.807, 2.05) is 0 Å². The first-order chi connectivity index (χ1) is 12.3. The number of anilines is 1. The molecule has 0 aliphatic rings. The monoisotopic (exact) mass is 383 g/mol. The van der Waals surface area contributed by atoms with Gasteiger partial charge in [0, 0.05) is 32.4 Å². The zero-order valence-corrected chi connectivity index (χ0v) is 15.5. The second kappa shape index (κ2) is 8.30. The molecule has 0 amide bonds. The quantitative estimate of drug-likeness (QED) is 0.647. The highest BCUT2D eigenvalue weighted by atomic mass is 32.2. The topological polar surface area (TPSA) is 122 Å². The normalized spacial score (nSPS) is 11.6. The summed E-state index contributed by atoms with van der Waals surface area (Å²) in [5.74, 6) is -0.354. The van der Waals surface area contributed by atoms with E-state index >= 15 is 0 Å². The van der Waals surface area contributed by atoms with E-state index in [2.05, 4.69) is 10.5 Å². The van der Waals surface area contributed by atoms with Crippen molar-refractivity contribution in [1.82, 2.24) is 9.46 Å². The maximum atomic E-state index is 12.5. The van der Waals surface area contributed by atoms with Crippen LogP contribution in [0.5, 0.6) is 0 Å². The lowest BCUT2D eigenvalue weighted by atomic mass is 10.2. The van der Waals surface area contributed by atoms with Crippen molar-refractivity contribution in [2.24, 2.45) is 0 Å². The average molecular weight is 383 g/mol. The van der Waals surface area contributed by atoms with Gasteiger partial charge >= 0.3 is 5.97 Å². The van der Waals surface area contributed by atoms with E-state index in [0.717, 1.165) is 4.31 Å². The van der Waals surface area contributed by atoms with E-state index in [-0.39, 0.29) is 30.2 Å². The fourth-order valence-corrected chi connectivity index (χ4v) is 3.04. The molecule has 26 heavy (non-hydrogen) atoms. The number of aliphatic hydroxyl groups is 1. The Labute approximate surface area is 151 Å². The minimum Gasteiger partial charge on any atom is -0.454 e. The molecule has 1 heterocycles. The van der Waals surface area contributed by atoms with E-state index in [9.17, 15) is 13.2 Å². The number of nitrogens with one attached hydrogen (secondary N) is 1. The number of aryl methyl sites for hydroxylation is 1. The largest absolute Gasteiger partial charge is 0.454 e. The molecule has 1 aromatic carbocycles. The van der Waals surface area contributed by atoms with Crippen molar-refractivity contribution >= 4 is 21.7 Å². The zero-order valence-electron chi connectivity index (χ0n) is 14.7. The second-order valence-electron chi connectivity index (χ2n) is 5.66. The highest BCUT2D eigenvalue weighted by molar-refractivity contribution is 7.89. The molecule has 0 saturated carbocycles. The molecule has 0 saturated heterocycles. The van der Waals surface area contributed by atoms with Crippen LogP contribution in [-0.2, 0) is 21.4 Å². The Balaban J connectivity index is 2.30. The molecule has 0 fully saturated rings. The van der Waals surface area contributed by atoms with Crippen LogP contribution in [0.4, 0.5) is 5.69 Å².